The number of aryl methyl sites for hydroxylation is 1. The number of nitrogens with two attached hydrogens (primary N) is 2. The topological polar surface area (TPSA) is 133 Å². The van der Waals surface area contributed by atoms with Crippen molar-refractivity contribution in [1.29, 1.82) is 0 Å². The van der Waals surface area contributed by atoms with Crippen molar-refractivity contribution < 1.29 is 13.2 Å². The first-order chi connectivity index (χ1) is 12.7. The molecule has 13 heteroatoms. The van der Waals surface area contributed by atoms with E-state index in [1.54, 1.807) is 0 Å². The molecule has 0 amide bonds. The third-order valence-electron chi connectivity index (χ3n) is 3.26. The summed E-state index contributed by atoms with van der Waals surface area (Å²) in [4.78, 5) is 12.2. The van der Waals surface area contributed by atoms with Crippen molar-refractivity contribution in [2.45, 2.75) is 24.0 Å². The quantitative estimate of drug-likeness (QED) is 0.437. The van der Waals surface area contributed by atoms with Crippen LogP contribution in [0.1, 0.15) is 17.2 Å². The average molecular weight is 397 g/mol. The minimum absolute atomic E-state index is 0.0274. The molecule has 0 bridgehead atoms. The van der Waals surface area contributed by atoms with Crippen LogP contribution in [0, 0.1) is 6.92 Å². The van der Waals surface area contributed by atoms with Crippen molar-refractivity contribution in [1.82, 2.24) is 29.8 Å². The maximum Gasteiger partial charge on any atom is 0.453 e. The molecule has 1 aromatic carbocycles. The van der Waals surface area contributed by atoms with Gasteiger partial charge in [0.2, 0.25) is 17.1 Å². The molecule has 0 radical (unpaired) electrons. The lowest BCUT2D eigenvalue weighted by atomic mass is 10.2. The van der Waals surface area contributed by atoms with Crippen molar-refractivity contribution in [3.8, 4) is 0 Å². The zero-order valence-electron chi connectivity index (χ0n) is 13.9. The van der Waals surface area contributed by atoms with Gasteiger partial charge < -0.3 is 16.9 Å². The zero-order valence-corrected chi connectivity index (χ0v) is 14.7. The summed E-state index contributed by atoms with van der Waals surface area (Å²) in [6, 6.07) is 7.52. The number of anilines is 3. The van der Waals surface area contributed by atoms with Crippen molar-refractivity contribution in [2.75, 3.05) is 16.9 Å². The molecule has 0 unspecified atom stereocenters. The minimum Gasteiger partial charge on any atom is -0.368 e. The molecule has 5 N–H and O–H groups in total. The van der Waals surface area contributed by atoms with Crippen molar-refractivity contribution in [3.63, 3.8) is 0 Å². The van der Waals surface area contributed by atoms with E-state index < -0.39 is 12.0 Å². The first-order valence-electron chi connectivity index (χ1n) is 7.47. The number of nitrogens with zero attached hydrogens (tertiary/aromatic N) is 6. The molecule has 9 nitrogen and oxygen atoms in total. The van der Waals surface area contributed by atoms with Crippen LogP contribution in [0.4, 0.5) is 30.8 Å². The Morgan fingerprint density at radius 3 is 2.44 bits per heavy atom. The van der Waals surface area contributed by atoms with E-state index in [9.17, 15) is 13.2 Å². The largest absolute Gasteiger partial charge is 0.453 e. The molecule has 0 spiro atoms. The van der Waals surface area contributed by atoms with E-state index in [2.05, 4.69) is 30.5 Å². The Morgan fingerprint density at radius 1 is 1.11 bits per heavy atom. The van der Waals surface area contributed by atoms with Gasteiger partial charge in [-0.3, -0.25) is 0 Å². The summed E-state index contributed by atoms with van der Waals surface area (Å²) in [5.74, 6) is 4.61. The fourth-order valence-electron chi connectivity index (χ4n) is 2.02. The number of nitrogens with one attached hydrogen (secondary N) is 1. The van der Waals surface area contributed by atoms with Crippen LogP contribution in [0.5, 0.6) is 0 Å². The van der Waals surface area contributed by atoms with Crippen molar-refractivity contribution in [2.24, 2.45) is 0 Å². The molecule has 2 aromatic heterocycles. The summed E-state index contributed by atoms with van der Waals surface area (Å²) in [5, 5.41) is 9.34. The van der Waals surface area contributed by atoms with Gasteiger partial charge in [-0.25, -0.2) is 4.68 Å². The van der Waals surface area contributed by atoms with Gasteiger partial charge in [0.15, 0.2) is 0 Å². The second-order valence-electron chi connectivity index (χ2n) is 5.39. The molecule has 0 aliphatic carbocycles. The normalized spacial score (nSPS) is 11.6. The molecule has 0 aliphatic heterocycles. The zero-order chi connectivity index (χ0) is 19.6. The summed E-state index contributed by atoms with van der Waals surface area (Å²) in [6.07, 6.45) is -4.69. The number of nitrogen functional groups attached to an aromatic ring is 2. The van der Waals surface area contributed by atoms with Crippen LogP contribution >= 0.6 is 11.8 Å². The van der Waals surface area contributed by atoms with Crippen LogP contribution in [0.3, 0.4) is 0 Å². The number of hydrogen-bond donors (Lipinski definition) is 3. The van der Waals surface area contributed by atoms with Gasteiger partial charge in [0.25, 0.3) is 5.82 Å². The summed E-state index contributed by atoms with van der Waals surface area (Å²) < 4.78 is 38.5. The first-order valence-corrected chi connectivity index (χ1v) is 8.45. The van der Waals surface area contributed by atoms with E-state index >= 15 is 0 Å². The third kappa shape index (κ3) is 4.55. The van der Waals surface area contributed by atoms with Gasteiger partial charge in [-0.2, -0.15) is 28.1 Å². The highest BCUT2D eigenvalue weighted by Crippen LogP contribution is 2.29. The predicted octanol–water partition coefficient (Wildman–Crippen LogP) is 2.12. The molecule has 0 aliphatic rings. The second-order valence-corrected chi connectivity index (χ2v) is 6.33. The molecular weight excluding hydrogens is 383 g/mol. The summed E-state index contributed by atoms with van der Waals surface area (Å²) in [6.45, 7) is 1.96. The lowest BCUT2D eigenvalue weighted by Crippen LogP contribution is -2.21. The molecule has 3 rings (SSSR count). The summed E-state index contributed by atoms with van der Waals surface area (Å²) >= 11 is 0.891. The Kier molecular flexibility index (Phi) is 5.03. The summed E-state index contributed by atoms with van der Waals surface area (Å²) in [5.41, 5.74) is 7.52. The van der Waals surface area contributed by atoms with E-state index in [1.807, 2.05) is 31.2 Å². The Morgan fingerprint density at radius 2 is 1.81 bits per heavy atom. The molecule has 3 aromatic rings. The van der Waals surface area contributed by atoms with Crippen molar-refractivity contribution in [3.05, 3.63) is 41.5 Å². The van der Waals surface area contributed by atoms with Gasteiger partial charge in [-0.05, 0) is 19.1 Å². The minimum atomic E-state index is -4.69. The van der Waals surface area contributed by atoms with Gasteiger partial charge in [-0.15, -0.1) is 10.2 Å². The van der Waals surface area contributed by atoms with Crippen LogP contribution in [0.2, 0.25) is 0 Å². The standard InChI is InChI=1S/C14H14F3N9S/c1-7-2-4-8(5-3-7)20-12-22-9(21-11(18)23-12)6-27-13-25-24-10(26(13)19)14(15,16)17/h2-5H,6,19H2,1H3,(H3,18,20,21,22,23). The average Bonchev–Trinajstić information content (AvgIpc) is 2.95. The third-order valence-corrected chi connectivity index (χ3v) is 4.19. The van der Waals surface area contributed by atoms with Gasteiger partial charge >= 0.3 is 6.18 Å². The molecule has 0 saturated carbocycles. The molecule has 0 saturated heterocycles. The Hall–Kier alpha value is -3.09. The summed E-state index contributed by atoms with van der Waals surface area (Å²) in [7, 11) is 0. The number of aromatic nitrogens is 6. The molecule has 2 heterocycles. The maximum atomic E-state index is 12.7. The lowest BCUT2D eigenvalue weighted by molar-refractivity contribution is -0.146. The van der Waals surface area contributed by atoms with E-state index in [-0.39, 0.29) is 28.6 Å². The maximum absolute atomic E-state index is 12.7. The van der Waals surface area contributed by atoms with E-state index in [0.717, 1.165) is 23.0 Å². The highest BCUT2D eigenvalue weighted by atomic mass is 32.2. The second kappa shape index (κ2) is 7.26. The van der Waals surface area contributed by atoms with E-state index in [4.69, 9.17) is 11.6 Å². The number of halogens is 3. The number of hydrogen-bond acceptors (Lipinski definition) is 9. The molecule has 0 fully saturated rings. The predicted molar refractivity (Wildman–Crippen MR) is 93.4 cm³/mol. The molecule has 142 valence electrons. The van der Waals surface area contributed by atoms with Crippen LogP contribution in [0.15, 0.2) is 29.4 Å². The van der Waals surface area contributed by atoms with E-state index in [1.165, 1.54) is 0 Å². The van der Waals surface area contributed by atoms with Gasteiger partial charge in [-0.1, -0.05) is 29.5 Å². The van der Waals surface area contributed by atoms with Gasteiger partial charge in [0, 0.05) is 5.69 Å². The number of benzene rings is 1. The van der Waals surface area contributed by atoms with Crippen LogP contribution in [-0.2, 0) is 11.9 Å². The Bertz CT molecular complexity index is 940. The van der Waals surface area contributed by atoms with Crippen molar-refractivity contribution >= 4 is 29.3 Å². The monoisotopic (exact) mass is 397 g/mol. The van der Waals surface area contributed by atoms with Gasteiger partial charge in [0.1, 0.15) is 5.82 Å². The molecular formula is C14H14F3N9S. The number of rotatable bonds is 5. The number of thioether (sulfide) groups is 1. The smallest absolute Gasteiger partial charge is 0.368 e. The van der Waals surface area contributed by atoms with Gasteiger partial charge in [0.05, 0.1) is 5.75 Å². The fourth-order valence-corrected chi connectivity index (χ4v) is 2.73. The Labute approximate surface area is 155 Å². The lowest BCUT2D eigenvalue weighted by Gasteiger charge is -2.08. The van der Waals surface area contributed by atoms with Crippen LogP contribution < -0.4 is 16.9 Å². The van der Waals surface area contributed by atoms with Crippen LogP contribution in [-0.4, -0.2) is 29.8 Å². The Balaban J connectivity index is 1.73. The van der Waals surface area contributed by atoms with Crippen LogP contribution in [0.25, 0.3) is 0 Å². The SMILES string of the molecule is Cc1ccc(Nc2nc(N)nc(CSc3nnc(C(F)(F)F)n3N)n2)cc1. The highest BCUT2D eigenvalue weighted by Gasteiger charge is 2.38. The highest BCUT2D eigenvalue weighted by molar-refractivity contribution is 7.98. The molecule has 0 atom stereocenters. The number of alkyl halides is 3. The van der Waals surface area contributed by atoms with E-state index in [0.29, 0.717) is 4.68 Å². The first kappa shape index (κ1) is 18.7. The fraction of sp³-hybridized carbons (Fsp3) is 0.214. The molecule has 27 heavy (non-hydrogen) atoms.